The molecule has 0 bridgehead atoms. The molecule has 6 atom stereocenters. The average molecular weight is 1630 g/mol. The molecule has 0 heterocycles. The van der Waals surface area contributed by atoms with Crippen LogP contribution in [-0.4, -0.2) is 96.7 Å². The van der Waals surface area contributed by atoms with Crippen molar-refractivity contribution in [2.45, 2.75) is 522 Å². The van der Waals surface area contributed by atoms with Gasteiger partial charge in [0.25, 0.3) is 0 Å². The monoisotopic (exact) mass is 1630 g/mol. The van der Waals surface area contributed by atoms with Crippen molar-refractivity contribution in [1.82, 2.24) is 0 Å². The molecular weight excluding hydrogens is 1450 g/mol. The lowest BCUT2D eigenvalue weighted by atomic mass is 9.99. The molecular formula is C93H182O17P2. The van der Waals surface area contributed by atoms with Crippen molar-refractivity contribution in [1.29, 1.82) is 0 Å². The van der Waals surface area contributed by atoms with Gasteiger partial charge in [0, 0.05) is 25.7 Å². The van der Waals surface area contributed by atoms with Crippen molar-refractivity contribution >= 4 is 39.5 Å². The van der Waals surface area contributed by atoms with Crippen molar-refractivity contribution in [3.63, 3.8) is 0 Å². The van der Waals surface area contributed by atoms with Crippen LogP contribution in [0.2, 0.25) is 0 Å². The van der Waals surface area contributed by atoms with Gasteiger partial charge < -0.3 is 33.8 Å². The van der Waals surface area contributed by atoms with Crippen LogP contribution < -0.4 is 0 Å². The molecule has 0 spiro atoms. The summed E-state index contributed by atoms with van der Waals surface area (Å²) in [7, 11) is -9.94. The molecule has 0 aromatic rings. The third-order valence-electron chi connectivity index (χ3n) is 22.3. The van der Waals surface area contributed by atoms with Gasteiger partial charge in [-0.2, -0.15) is 0 Å². The van der Waals surface area contributed by atoms with Crippen LogP contribution in [0.4, 0.5) is 0 Å². The zero-order chi connectivity index (χ0) is 82.0. The number of hydrogen-bond donors (Lipinski definition) is 3. The molecule has 3 unspecified atom stereocenters. The Bertz CT molecular complexity index is 2130. The number of aliphatic hydroxyl groups is 1. The Kier molecular flexibility index (Phi) is 82.6. The number of esters is 4. The Labute approximate surface area is 689 Å². The summed E-state index contributed by atoms with van der Waals surface area (Å²) in [6.45, 7) is 9.75. The second-order valence-electron chi connectivity index (χ2n) is 34.1. The number of unbranched alkanes of at least 4 members (excludes halogenated alkanes) is 61. The Morgan fingerprint density at radius 2 is 0.455 bits per heavy atom. The lowest BCUT2D eigenvalue weighted by Gasteiger charge is -2.21. The first-order chi connectivity index (χ1) is 54.4. The largest absolute Gasteiger partial charge is 0.472 e. The molecule has 19 heteroatoms. The summed E-state index contributed by atoms with van der Waals surface area (Å²) < 4.78 is 69.1. The molecule has 666 valence electrons. The smallest absolute Gasteiger partial charge is 0.462 e. The van der Waals surface area contributed by atoms with Gasteiger partial charge in [-0.3, -0.25) is 37.3 Å². The third-order valence-corrected chi connectivity index (χ3v) is 24.2. The van der Waals surface area contributed by atoms with Crippen molar-refractivity contribution < 1.29 is 80.2 Å². The molecule has 0 saturated carbocycles. The maximum Gasteiger partial charge on any atom is 0.472 e. The van der Waals surface area contributed by atoms with Gasteiger partial charge in [-0.15, -0.1) is 0 Å². The van der Waals surface area contributed by atoms with Crippen LogP contribution in [0, 0.1) is 11.8 Å². The number of carbonyl (C=O) groups is 4. The Hall–Kier alpha value is -1.94. The minimum Gasteiger partial charge on any atom is -0.462 e. The summed E-state index contributed by atoms with van der Waals surface area (Å²) in [5.74, 6) is -0.505. The first kappa shape index (κ1) is 110. The standard InChI is InChI=1S/C93H182O17P2/c1-7-10-12-14-16-18-20-22-24-26-28-30-32-34-36-41-45-51-57-63-69-75-90(95)103-81-88(109-92(97)77-71-65-59-52-46-42-37-35-33-31-29-27-25-23-21-19-17-15-13-11-8-2)83-107-111(99,100)105-79-87(94)80-106-112(101,102)108-84-89(82-104-91(96)76-70-64-58-54-48-49-55-61-67-73-85(4)5)110-93(98)78-72-66-60-53-47-43-39-38-40-44-50-56-62-68-74-86(6)9-3/h85-89,94H,7-84H2,1-6H3,(H,99,100)(H,101,102)/t86?,87-,88-,89-/m1/s1. The minimum absolute atomic E-state index is 0.108. The van der Waals surface area contributed by atoms with E-state index < -0.39 is 97.5 Å². The maximum atomic E-state index is 13.2. The highest BCUT2D eigenvalue weighted by molar-refractivity contribution is 7.47. The number of phosphoric ester groups is 2. The fourth-order valence-corrected chi connectivity index (χ4v) is 16.2. The summed E-state index contributed by atoms with van der Waals surface area (Å²) in [6, 6.07) is 0. The zero-order valence-electron chi connectivity index (χ0n) is 74.0. The fourth-order valence-electron chi connectivity index (χ4n) is 14.6. The number of ether oxygens (including phenoxy) is 4. The van der Waals surface area contributed by atoms with E-state index in [1.54, 1.807) is 0 Å². The summed E-state index contributed by atoms with van der Waals surface area (Å²) in [6.07, 6.45) is 79.3. The molecule has 0 aromatic heterocycles. The first-order valence-electron chi connectivity index (χ1n) is 48.0. The van der Waals surface area contributed by atoms with E-state index in [1.165, 1.54) is 321 Å². The van der Waals surface area contributed by atoms with E-state index in [4.69, 9.17) is 37.0 Å². The third kappa shape index (κ3) is 84.5. The topological polar surface area (TPSA) is 237 Å². The van der Waals surface area contributed by atoms with Gasteiger partial charge in [0.15, 0.2) is 12.2 Å². The highest BCUT2D eigenvalue weighted by Gasteiger charge is 2.31. The van der Waals surface area contributed by atoms with Crippen LogP contribution in [-0.2, 0) is 65.4 Å². The minimum atomic E-state index is -4.97. The van der Waals surface area contributed by atoms with Crippen molar-refractivity contribution in [2.24, 2.45) is 11.8 Å². The van der Waals surface area contributed by atoms with Gasteiger partial charge in [0.05, 0.1) is 26.4 Å². The molecule has 0 rings (SSSR count). The Balaban J connectivity index is 5.24. The van der Waals surface area contributed by atoms with E-state index in [-0.39, 0.29) is 25.7 Å². The van der Waals surface area contributed by atoms with Gasteiger partial charge in [-0.25, -0.2) is 9.13 Å². The van der Waals surface area contributed by atoms with Crippen LogP contribution >= 0.6 is 15.6 Å². The van der Waals surface area contributed by atoms with Gasteiger partial charge in [0.1, 0.15) is 19.3 Å². The van der Waals surface area contributed by atoms with E-state index >= 15 is 0 Å². The molecule has 0 aliphatic rings. The summed E-state index contributed by atoms with van der Waals surface area (Å²) in [4.78, 5) is 73.5. The predicted molar refractivity (Wildman–Crippen MR) is 465 cm³/mol. The van der Waals surface area contributed by atoms with E-state index in [0.717, 1.165) is 102 Å². The number of carbonyl (C=O) groups excluding carboxylic acids is 4. The molecule has 112 heavy (non-hydrogen) atoms. The molecule has 0 aliphatic carbocycles. The van der Waals surface area contributed by atoms with Gasteiger partial charge in [-0.1, -0.05) is 452 Å². The highest BCUT2D eigenvalue weighted by atomic mass is 31.2. The van der Waals surface area contributed by atoms with Crippen molar-refractivity contribution in [2.75, 3.05) is 39.6 Å². The average Bonchev–Trinajstić information content (AvgIpc) is 0.899. The number of aliphatic hydroxyl groups excluding tert-OH is 1. The van der Waals surface area contributed by atoms with Crippen LogP contribution in [0.3, 0.4) is 0 Å². The van der Waals surface area contributed by atoms with Gasteiger partial charge in [-0.05, 0) is 37.5 Å². The summed E-state index contributed by atoms with van der Waals surface area (Å²) >= 11 is 0. The summed E-state index contributed by atoms with van der Waals surface area (Å²) in [5, 5.41) is 10.7. The lowest BCUT2D eigenvalue weighted by molar-refractivity contribution is -0.161. The SMILES string of the molecule is CCCCCCCCCCCCCCCCCCCCCCCC(=O)OC[C@H](COP(=O)(O)OC[C@@H](O)COP(=O)(O)OC[C@@H](COC(=O)CCCCCCCCCCCC(C)C)OC(=O)CCCCCCCCCCCCCCCCC(C)CC)OC(=O)CCCCCCCCCCCCCCCCCCCCCCC. The predicted octanol–water partition coefficient (Wildman–Crippen LogP) is 29.0. The second-order valence-corrected chi connectivity index (χ2v) is 37.0. The van der Waals surface area contributed by atoms with Crippen molar-refractivity contribution in [3.05, 3.63) is 0 Å². The fraction of sp³-hybridized carbons (Fsp3) is 0.957. The molecule has 17 nitrogen and oxygen atoms in total. The summed E-state index contributed by atoms with van der Waals surface area (Å²) in [5.41, 5.74) is 0. The quantitative estimate of drug-likeness (QED) is 0.0222. The molecule has 3 N–H and O–H groups in total. The van der Waals surface area contributed by atoms with E-state index in [9.17, 15) is 43.2 Å². The molecule has 0 fully saturated rings. The molecule has 0 aliphatic heterocycles. The van der Waals surface area contributed by atoms with Gasteiger partial charge >= 0.3 is 39.5 Å². The van der Waals surface area contributed by atoms with Gasteiger partial charge in [0.2, 0.25) is 0 Å². The Morgan fingerprint density at radius 3 is 0.679 bits per heavy atom. The number of phosphoric acid groups is 2. The lowest BCUT2D eigenvalue weighted by Crippen LogP contribution is -2.30. The van der Waals surface area contributed by atoms with Crippen LogP contribution in [0.15, 0.2) is 0 Å². The van der Waals surface area contributed by atoms with Crippen LogP contribution in [0.1, 0.15) is 504 Å². The number of hydrogen-bond acceptors (Lipinski definition) is 15. The zero-order valence-corrected chi connectivity index (χ0v) is 75.8. The molecule has 0 saturated heterocycles. The van der Waals surface area contributed by atoms with E-state index in [1.807, 2.05) is 0 Å². The van der Waals surface area contributed by atoms with Crippen LogP contribution in [0.5, 0.6) is 0 Å². The molecule has 0 radical (unpaired) electrons. The first-order valence-corrected chi connectivity index (χ1v) is 51.0. The van der Waals surface area contributed by atoms with Crippen LogP contribution in [0.25, 0.3) is 0 Å². The van der Waals surface area contributed by atoms with Crippen molar-refractivity contribution in [3.8, 4) is 0 Å². The van der Waals surface area contributed by atoms with E-state index in [2.05, 4.69) is 41.5 Å². The number of rotatable bonds is 92. The molecule has 0 aromatic carbocycles. The Morgan fingerprint density at radius 1 is 0.259 bits per heavy atom. The normalized spacial score (nSPS) is 13.9. The second kappa shape index (κ2) is 84.1. The maximum absolute atomic E-state index is 13.2. The molecule has 0 amide bonds. The highest BCUT2D eigenvalue weighted by Crippen LogP contribution is 2.45. The van der Waals surface area contributed by atoms with E-state index in [0.29, 0.717) is 25.7 Å².